The molecule has 1 aliphatic rings. The molecule has 0 spiro atoms. The maximum absolute atomic E-state index is 11.9. The van der Waals surface area contributed by atoms with Crippen LogP contribution in [0.15, 0.2) is 24.3 Å². The van der Waals surface area contributed by atoms with Crippen LogP contribution in [0, 0.1) is 0 Å². The summed E-state index contributed by atoms with van der Waals surface area (Å²) in [6, 6.07) is 6.13. The van der Waals surface area contributed by atoms with Crippen molar-refractivity contribution in [2.45, 2.75) is 25.0 Å². The predicted molar refractivity (Wildman–Crippen MR) is 64.7 cm³/mol. The Hall–Kier alpha value is -1.88. The molecule has 0 radical (unpaired) electrons. The third kappa shape index (κ3) is 2.68. The summed E-state index contributed by atoms with van der Waals surface area (Å²) >= 11 is 0. The monoisotopic (exact) mass is 249 g/mol. The molecule has 0 atom stereocenters. The van der Waals surface area contributed by atoms with Crippen molar-refractivity contribution in [3.05, 3.63) is 35.4 Å². The first-order valence-electron chi connectivity index (χ1n) is 5.77. The molecule has 0 aromatic heterocycles. The maximum Gasteiger partial charge on any atom is 0.335 e. The number of carbonyl (C=O) groups excluding carboxylic acids is 1. The highest BCUT2D eigenvalue weighted by Crippen LogP contribution is 2.22. The second-order valence-electron chi connectivity index (χ2n) is 4.39. The molecule has 2 rings (SSSR count). The summed E-state index contributed by atoms with van der Waals surface area (Å²) in [5.41, 5.74) is 0.488. The van der Waals surface area contributed by atoms with Gasteiger partial charge in [0.1, 0.15) is 0 Å². The van der Waals surface area contributed by atoms with Crippen LogP contribution in [0.1, 0.15) is 33.6 Å². The highest BCUT2D eigenvalue weighted by atomic mass is 16.5. The third-order valence-corrected chi connectivity index (χ3v) is 3.14. The summed E-state index contributed by atoms with van der Waals surface area (Å²) in [6.07, 6.45) is 1.84. The first-order chi connectivity index (χ1) is 8.60. The predicted octanol–water partition coefficient (Wildman–Crippen LogP) is 1.29. The standard InChI is InChI=1S/C13H15NO4/c1-18-11-6-10(7-11)14-12(15)8-3-2-4-9(5-8)13(16)17/h2-5,10-11H,6-7H2,1H3,(H,14,15)(H,16,17). The number of hydrogen-bond acceptors (Lipinski definition) is 3. The van der Waals surface area contributed by atoms with Crippen molar-refractivity contribution in [2.24, 2.45) is 0 Å². The van der Waals surface area contributed by atoms with Crippen molar-refractivity contribution in [3.63, 3.8) is 0 Å². The normalized spacial score (nSPS) is 22.1. The van der Waals surface area contributed by atoms with Gasteiger partial charge in [-0.15, -0.1) is 0 Å². The molecule has 0 aliphatic heterocycles. The molecule has 0 bridgehead atoms. The zero-order valence-corrected chi connectivity index (χ0v) is 10.1. The van der Waals surface area contributed by atoms with Crippen LogP contribution in [0.2, 0.25) is 0 Å². The van der Waals surface area contributed by atoms with Crippen LogP contribution in [0.5, 0.6) is 0 Å². The van der Waals surface area contributed by atoms with Crippen molar-refractivity contribution in [1.29, 1.82) is 0 Å². The second-order valence-corrected chi connectivity index (χ2v) is 4.39. The number of carboxylic acid groups (broad SMARTS) is 1. The minimum Gasteiger partial charge on any atom is -0.478 e. The Morgan fingerprint density at radius 1 is 1.33 bits per heavy atom. The van der Waals surface area contributed by atoms with Crippen LogP contribution in [0.25, 0.3) is 0 Å². The fraction of sp³-hybridized carbons (Fsp3) is 0.385. The van der Waals surface area contributed by atoms with E-state index in [9.17, 15) is 9.59 Å². The van der Waals surface area contributed by atoms with Crippen molar-refractivity contribution < 1.29 is 19.4 Å². The van der Waals surface area contributed by atoms with E-state index in [1.807, 2.05) is 0 Å². The molecular weight excluding hydrogens is 234 g/mol. The van der Waals surface area contributed by atoms with E-state index in [0.717, 1.165) is 12.8 Å². The Balaban J connectivity index is 1.97. The van der Waals surface area contributed by atoms with Crippen molar-refractivity contribution in [2.75, 3.05) is 7.11 Å². The van der Waals surface area contributed by atoms with Crippen LogP contribution in [-0.4, -0.2) is 36.2 Å². The SMILES string of the molecule is COC1CC(NC(=O)c2cccc(C(=O)O)c2)C1. The molecule has 18 heavy (non-hydrogen) atoms. The first-order valence-corrected chi connectivity index (χ1v) is 5.77. The maximum atomic E-state index is 11.9. The molecule has 1 aliphatic carbocycles. The molecule has 5 nitrogen and oxygen atoms in total. The van der Waals surface area contributed by atoms with E-state index in [2.05, 4.69) is 5.32 Å². The number of rotatable bonds is 4. The number of carboxylic acids is 1. The number of nitrogens with one attached hydrogen (secondary N) is 1. The number of aromatic carboxylic acids is 1. The van der Waals surface area contributed by atoms with Crippen molar-refractivity contribution >= 4 is 11.9 Å². The number of methoxy groups -OCH3 is 1. The van der Waals surface area contributed by atoms with Gasteiger partial charge in [-0.2, -0.15) is 0 Å². The van der Waals surface area contributed by atoms with Crippen molar-refractivity contribution in [1.82, 2.24) is 5.32 Å². The highest BCUT2D eigenvalue weighted by molar-refractivity contribution is 5.97. The van der Waals surface area contributed by atoms with Gasteiger partial charge in [-0.3, -0.25) is 4.79 Å². The second kappa shape index (κ2) is 5.18. The Morgan fingerprint density at radius 3 is 2.61 bits per heavy atom. The van der Waals surface area contributed by atoms with Crippen LogP contribution in [0.4, 0.5) is 0 Å². The van der Waals surface area contributed by atoms with Gasteiger partial charge in [0, 0.05) is 18.7 Å². The van der Waals surface area contributed by atoms with Gasteiger partial charge in [0.05, 0.1) is 11.7 Å². The molecule has 1 fully saturated rings. The zero-order chi connectivity index (χ0) is 13.1. The van der Waals surface area contributed by atoms with Gasteiger partial charge in [-0.1, -0.05) is 6.07 Å². The Bertz CT molecular complexity index is 466. The summed E-state index contributed by atoms with van der Waals surface area (Å²) in [7, 11) is 1.65. The van der Waals surface area contributed by atoms with Gasteiger partial charge in [-0.05, 0) is 31.0 Å². The molecule has 96 valence electrons. The molecule has 1 aromatic carbocycles. The lowest BCUT2D eigenvalue weighted by atomic mass is 9.89. The summed E-state index contributed by atoms with van der Waals surface area (Å²) in [6.45, 7) is 0. The fourth-order valence-electron chi connectivity index (χ4n) is 1.94. The molecule has 0 unspecified atom stereocenters. The molecule has 0 heterocycles. The minimum absolute atomic E-state index is 0.117. The summed E-state index contributed by atoms with van der Waals surface area (Å²) in [5, 5.41) is 11.7. The van der Waals surface area contributed by atoms with Crippen LogP contribution in [-0.2, 0) is 4.74 Å². The first kappa shape index (κ1) is 12.6. The number of hydrogen-bond donors (Lipinski definition) is 2. The van der Waals surface area contributed by atoms with E-state index in [1.54, 1.807) is 19.2 Å². The van der Waals surface area contributed by atoms with Gasteiger partial charge >= 0.3 is 5.97 Å². The lowest BCUT2D eigenvalue weighted by Crippen LogP contribution is -2.47. The Morgan fingerprint density at radius 2 is 2.00 bits per heavy atom. The average molecular weight is 249 g/mol. The van der Waals surface area contributed by atoms with Gasteiger partial charge in [-0.25, -0.2) is 4.79 Å². The number of ether oxygens (including phenoxy) is 1. The lowest BCUT2D eigenvalue weighted by molar-refractivity contribution is 0.0176. The summed E-state index contributed by atoms with van der Waals surface area (Å²) in [5.74, 6) is -1.27. The number of carbonyl (C=O) groups is 2. The summed E-state index contributed by atoms with van der Waals surface area (Å²) in [4.78, 5) is 22.7. The average Bonchev–Trinajstić information content (AvgIpc) is 2.33. The van der Waals surface area contributed by atoms with E-state index < -0.39 is 5.97 Å². The fourth-order valence-corrected chi connectivity index (χ4v) is 1.94. The highest BCUT2D eigenvalue weighted by Gasteiger charge is 2.30. The van der Waals surface area contributed by atoms with E-state index in [1.165, 1.54) is 12.1 Å². The molecule has 5 heteroatoms. The molecule has 1 aromatic rings. The number of amides is 1. The molecule has 1 saturated carbocycles. The number of benzene rings is 1. The smallest absolute Gasteiger partial charge is 0.335 e. The summed E-state index contributed by atoms with van der Waals surface area (Å²) < 4.78 is 5.13. The minimum atomic E-state index is -1.03. The van der Waals surface area contributed by atoms with E-state index >= 15 is 0 Å². The topological polar surface area (TPSA) is 75.6 Å². The van der Waals surface area contributed by atoms with Crippen LogP contribution < -0.4 is 5.32 Å². The largest absolute Gasteiger partial charge is 0.478 e. The Labute approximate surface area is 105 Å². The lowest BCUT2D eigenvalue weighted by Gasteiger charge is -2.34. The molecule has 1 amide bonds. The quantitative estimate of drug-likeness (QED) is 0.843. The molecular formula is C13H15NO4. The van der Waals surface area contributed by atoms with Crippen LogP contribution >= 0.6 is 0 Å². The van der Waals surface area contributed by atoms with Gasteiger partial charge in [0.25, 0.3) is 5.91 Å². The van der Waals surface area contributed by atoms with Gasteiger partial charge in [0.2, 0.25) is 0 Å². The van der Waals surface area contributed by atoms with E-state index in [-0.39, 0.29) is 23.6 Å². The Kier molecular flexibility index (Phi) is 3.62. The van der Waals surface area contributed by atoms with E-state index in [0.29, 0.717) is 5.56 Å². The molecule has 0 saturated heterocycles. The molecule has 2 N–H and O–H groups in total. The van der Waals surface area contributed by atoms with Gasteiger partial charge in [0.15, 0.2) is 0 Å². The van der Waals surface area contributed by atoms with Crippen LogP contribution in [0.3, 0.4) is 0 Å². The third-order valence-electron chi connectivity index (χ3n) is 3.14. The zero-order valence-electron chi connectivity index (χ0n) is 10.1. The van der Waals surface area contributed by atoms with Gasteiger partial charge < -0.3 is 15.2 Å². The van der Waals surface area contributed by atoms with Crippen molar-refractivity contribution in [3.8, 4) is 0 Å². The van der Waals surface area contributed by atoms with E-state index in [4.69, 9.17) is 9.84 Å².